The molecule has 166 valence electrons. The van der Waals surface area contributed by atoms with E-state index in [1.54, 1.807) is 23.1 Å². The summed E-state index contributed by atoms with van der Waals surface area (Å²) in [6.07, 6.45) is 3.29. The molecule has 0 saturated carbocycles. The lowest BCUT2D eigenvalue weighted by atomic mass is 10.0. The summed E-state index contributed by atoms with van der Waals surface area (Å²) in [6.45, 7) is 9.73. The van der Waals surface area contributed by atoms with Gasteiger partial charge in [0.2, 0.25) is 5.91 Å². The van der Waals surface area contributed by atoms with Crippen molar-refractivity contribution in [2.75, 3.05) is 32.9 Å². The van der Waals surface area contributed by atoms with E-state index in [1.165, 1.54) is 16.2 Å². The molecule has 30 heavy (non-hydrogen) atoms. The Morgan fingerprint density at radius 2 is 1.97 bits per heavy atom. The minimum atomic E-state index is -1.26. The summed E-state index contributed by atoms with van der Waals surface area (Å²) in [7, 11) is 0. The van der Waals surface area contributed by atoms with Gasteiger partial charge in [-0.25, -0.2) is 4.79 Å². The number of aliphatic hydroxyl groups excluding tert-OH is 1. The average Bonchev–Trinajstić information content (AvgIpc) is 3.19. The molecule has 0 fully saturated rings. The van der Waals surface area contributed by atoms with E-state index < -0.39 is 23.5 Å². The number of aliphatic hydroxyl groups is 1. The van der Waals surface area contributed by atoms with Crippen LogP contribution in [0.15, 0.2) is 42.3 Å². The first kappa shape index (κ1) is 25.5. The van der Waals surface area contributed by atoms with Crippen LogP contribution in [0.1, 0.15) is 31.7 Å². The number of nitrogens with zero attached hydrogens (tertiary/aromatic N) is 2. The Morgan fingerprint density at radius 3 is 2.47 bits per heavy atom. The Bertz CT molecular complexity index is 739. The van der Waals surface area contributed by atoms with Gasteiger partial charge in [-0.15, -0.1) is 17.9 Å². The normalized spacial score (nSPS) is 12.5. The summed E-state index contributed by atoms with van der Waals surface area (Å²) >= 11 is 1.33. The highest BCUT2D eigenvalue weighted by molar-refractivity contribution is 7.10. The predicted octanol–water partition coefficient (Wildman–Crippen LogP) is 2.08. The minimum absolute atomic E-state index is 0.0448. The van der Waals surface area contributed by atoms with Gasteiger partial charge < -0.3 is 24.7 Å². The first-order valence-corrected chi connectivity index (χ1v) is 10.4. The molecule has 1 unspecified atom stereocenters. The van der Waals surface area contributed by atoms with Gasteiger partial charge in [-0.05, 0) is 32.2 Å². The van der Waals surface area contributed by atoms with Gasteiger partial charge in [0, 0.05) is 35.7 Å². The number of carboxylic acid groups (broad SMARTS) is 1. The zero-order valence-corrected chi connectivity index (χ0v) is 18.4. The van der Waals surface area contributed by atoms with Crippen LogP contribution in [0.5, 0.6) is 0 Å². The Labute approximate surface area is 181 Å². The van der Waals surface area contributed by atoms with Crippen LogP contribution in [-0.4, -0.2) is 76.2 Å². The molecule has 0 aromatic carbocycles. The minimum Gasteiger partial charge on any atom is -0.478 e. The fourth-order valence-corrected chi connectivity index (χ4v) is 3.59. The van der Waals surface area contributed by atoms with E-state index in [0.717, 1.165) is 12.2 Å². The van der Waals surface area contributed by atoms with Crippen molar-refractivity contribution in [1.82, 2.24) is 9.80 Å². The maximum atomic E-state index is 13.6. The quantitative estimate of drug-likeness (QED) is 0.294. The number of carbonyl (C=O) groups excluding carboxylic acids is 2. The van der Waals surface area contributed by atoms with Crippen LogP contribution in [0.25, 0.3) is 0 Å². The SMILES string of the molecule is C=CCN(C(=O)C(c1cccs1)N(CCOCCO)C(=O)/C=C\C(=O)O)C(C)(C)C. The van der Waals surface area contributed by atoms with Crippen LogP contribution in [-0.2, 0) is 19.1 Å². The van der Waals surface area contributed by atoms with Gasteiger partial charge in [0.05, 0.1) is 19.8 Å². The van der Waals surface area contributed by atoms with E-state index in [9.17, 15) is 14.4 Å². The van der Waals surface area contributed by atoms with E-state index in [2.05, 4.69) is 6.58 Å². The molecule has 0 aliphatic heterocycles. The number of hydrogen-bond donors (Lipinski definition) is 2. The number of hydrogen-bond acceptors (Lipinski definition) is 6. The highest BCUT2D eigenvalue weighted by Gasteiger charge is 2.37. The molecule has 1 atom stereocenters. The largest absolute Gasteiger partial charge is 0.478 e. The number of thiophene rings is 1. The van der Waals surface area contributed by atoms with Crippen molar-refractivity contribution in [3.63, 3.8) is 0 Å². The van der Waals surface area contributed by atoms with Crippen LogP contribution in [0, 0.1) is 0 Å². The highest BCUT2D eigenvalue weighted by Crippen LogP contribution is 2.30. The first-order valence-electron chi connectivity index (χ1n) is 9.49. The van der Waals surface area contributed by atoms with Gasteiger partial charge in [-0.2, -0.15) is 0 Å². The molecule has 1 rings (SSSR count). The van der Waals surface area contributed by atoms with E-state index in [-0.39, 0.29) is 38.8 Å². The summed E-state index contributed by atoms with van der Waals surface area (Å²) < 4.78 is 5.29. The third kappa shape index (κ3) is 7.74. The maximum absolute atomic E-state index is 13.6. The standard InChI is InChI=1S/C21H30N2O6S/c1-5-10-23(21(2,3)4)20(28)19(16-7-6-15-30-16)22(11-13-29-14-12-24)17(25)8-9-18(26)27/h5-9,15,19,24H,1,10-14H2,2-4H3,(H,26,27)/b9-8-. The molecule has 0 aliphatic carbocycles. The van der Waals surface area contributed by atoms with Gasteiger partial charge in [-0.1, -0.05) is 12.1 Å². The average molecular weight is 439 g/mol. The van der Waals surface area contributed by atoms with Crippen LogP contribution < -0.4 is 0 Å². The number of ether oxygens (including phenoxy) is 1. The van der Waals surface area contributed by atoms with E-state index in [0.29, 0.717) is 4.88 Å². The van der Waals surface area contributed by atoms with Gasteiger partial charge >= 0.3 is 5.97 Å². The van der Waals surface area contributed by atoms with Crippen molar-refractivity contribution in [3.05, 3.63) is 47.2 Å². The van der Waals surface area contributed by atoms with Crippen molar-refractivity contribution in [1.29, 1.82) is 0 Å². The second-order valence-corrected chi connectivity index (χ2v) is 8.34. The Balaban J connectivity index is 3.37. The lowest BCUT2D eigenvalue weighted by molar-refractivity contribution is -0.147. The van der Waals surface area contributed by atoms with Crippen molar-refractivity contribution in [2.24, 2.45) is 0 Å². The zero-order chi connectivity index (χ0) is 22.7. The lowest BCUT2D eigenvalue weighted by Crippen LogP contribution is -2.52. The molecule has 8 nitrogen and oxygen atoms in total. The maximum Gasteiger partial charge on any atom is 0.328 e. The Kier molecular flexibility index (Phi) is 10.4. The summed E-state index contributed by atoms with van der Waals surface area (Å²) in [4.78, 5) is 41.0. The van der Waals surface area contributed by atoms with E-state index in [1.807, 2.05) is 26.2 Å². The van der Waals surface area contributed by atoms with Crippen LogP contribution in [0.3, 0.4) is 0 Å². The summed E-state index contributed by atoms with van der Waals surface area (Å²) in [6, 6.07) is 2.60. The number of carboxylic acids is 1. The molecular weight excluding hydrogens is 408 g/mol. The second-order valence-electron chi connectivity index (χ2n) is 7.37. The van der Waals surface area contributed by atoms with Gasteiger partial charge in [0.1, 0.15) is 6.04 Å². The van der Waals surface area contributed by atoms with E-state index in [4.69, 9.17) is 14.9 Å². The zero-order valence-electron chi connectivity index (χ0n) is 17.6. The first-order chi connectivity index (χ1) is 14.1. The van der Waals surface area contributed by atoms with Crippen LogP contribution >= 0.6 is 11.3 Å². The van der Waals surface area contributed by atoms with Crippen LogP contribution in [0.4, 0.5) is 0 Å². The monoisotopic (exact) mass is 438 g/mol. The highest BCUT2D eigenvalue weighted by atomic mass is 32.1. The predicted molar refractivity (Wildman–Crippen MR) is 115 cm³/mol. The molecule has 0 spiro atoms. The van der Waals surface area contributed by atoms with E-state index >= 15 is 0 Å². The lowest BCUT2D eigenvalue weighted by Gasteiger charge is -2.40. The Morgan fingerprint density at radius 1 is 1.27 bits per heavy atom. The summed E-state index contributed by atoms with van der Waals surface area (Å²) in [5.41, 5.74) is -0.528. The molecular formula is C21H30N2O6S. The topological polar surface area (TPSA) is 107 Å². The van der Waals surface area contributed by atoms with Crippen molar-refractivity contribution >= 4 is 29.1 Å². The molecule has 0 aliphatic rings. The van der Waals surface area contributed by atoms with Crippen molar-refractivity contribution < 1.29 is 29.3 Å². The number of rotatable bonds is 12. The van der Waals surface area contributed by atoms with Crippen molar-refractivity contribution in [2.45, 2.75) is 32.4 Å². The van der Waals surface area contributed by atoms with Crippen molar-refractivity contribution in [3.8, 4) is 0 Å². The summed E-state index contributed by atoms with van der Waals surface area (Å²) in [5, 5.41) is 19.6. The van der Waals surface area contributed by atoms with Gasteiger partial charge in [0.25, 0.3) is 5.91 Å². The van der Waals surface area contributed by atoms with Gasteiger partial charge in [-0.3, -0.25) is 9.59 Å². The molecule has 0 radical (unpaired) electrons. The summed E-state index contributed by atoms with van der Waals surface area (Å²) in [5.74, 6) is -2.19. The molecule has 0 bridgehead atoms. The molecule has 1 aromatic heterocycles. The molecule has 1 heterocycles. The molecule has 2 N–H and O–H groups in total. The fraction of sp³-hybridized carbons (Fsp3) is 0.476. The fourth-order valence-electron chi connectivity index (χ4n) is 2.76. The molecule has 2 amide bonds. The molecule has 9 heteroatoms. The molecule has 0 saturated heterocycles. The number of aliphatic carboxylic acids is 1. The second kappa shape index (κ2) is 12.3. The van der Waals surface area contributed by atoms with Gasteiger partial charge in [0.15, 0.2) is 0 Å². The molecule has 1 aromatic rings. The Hall–Kier alpha value is -2.49. The third-order valence-electron chi connectivity index (χ3n) is 4.11. The number of carbonyl (C=O) groups is 3. The van der Waals surface area contributed by atoms with Crippen LogP contribution in [0.2, 0.25) is 0 Å². The number of amides is 2. The third-order valence-corrected chi connectivity index (χ3v) is 5.03. The smallest absolute Gasteiger partial charge is 0.328 e.